The average molecular weight is 284 g/mol. The molecule has 0 aromatic carbocycles. The maximum atomic E-state index is 12.1. The topological polar surface area (TPSA) is 47.1 Å². The second kappa shape index (κ2) is 3.99. The summed E-state index contributed by atoms with van der Waals surface area (Å²) in [6.45, 7) is 0. The Bertz CT molecular complexity index is 482. The van der Waals surface area contributed by atoms with Crippen molar-refractivity contribution in [3.63, 3.8) is 0 Å². The monoisotopic (exact) mass is 284 g/mol. The fourth-order valence-corrected chi connectivity index (χ4v) is 2.29. The van der Waals surface area contributed by atoms with Gasteiger partial charge in [-0.25, -0.2) is 0 Å². The minimum atomic E-state index is -0.296. The van der Waals surface area contributed by atoms with Crippen molar-refractivity contribution in [1.29, 1.82) is 0 Å². The summed E-state index contributed by atoms with van der Waals surface area (Å²) in [5, 5.41) is 0.730. The van der Waals surface area contributed by atoms with Crippen LogP contribution in [0.2, 0.25) is 0 Å². The minimum absolute atomic E-state index is 0.265. The fraction of sp³-hybridized carbons (Fsp3) is 0.400. The molecule has 6 nitrogen and oxygen atoms in total. The quantitative estimate of drug-likeness (QED) is 0.445. The zero-order chi connectivity index (χ0) is 13.8. The molecule has 0 spiro atoms. The van der Waals surface area contributed by atoms with E-state index < -0.39 is 0 Å². The van der Waals surface area contributed by atoms with Crippen LogP contribution in [-0.2, 0) is 9.59 Å². The molecule has 2 fully saturated rings. The van der Waals surface area contributed by atoms with Crippen LogP contribution in [0.25, 0.3) is 0 Å². The number of likely N-dealkylation sites (N-methyl/N-ethyl adjacent to an activating group) is 4. The Balaban J connectivity index is 2.62. The molecule has 0 saturated carbocycles. The first kappa shape index (κ1) is 12.9. The van der Waals surface area contributed by atoms with Crippen LogP contribution in [0, 0.1) is 0 Å². The van der Waals surface area contributed by atoms with Crippen LogP contribution in [0.3, 0.4) is 0 Å². The van der Waals surface area contributed by atoms with Crippen LogP contribution < -0.4 is 0 Å². The maximum absolute atomic E-state index is 12.1. The number of thiocarbonyl (C=S) groups is 2. The highest BCUT2D eigenvalue weighted by Gasteiger charge is 2.43. The summed E-state index contributed by atoms with van der Waals surface area (Å²) >= 11 is 10.2. The van der Waals surface area contributed by atoms with Crippen LogP contribution in [0.1, 0.15) is 0 Å². The Morgan fingerprint density at radius 1 is 0.667 bits per heavy atom. The second-order valence-corrected chi connectivity index (χ2v) is 4.84. The molecular formula is C10H12N4O2S2. The van der Waals surface area contributed by atoms with Crippen molar-refractivity contribution in [2.24, 2.45) is 0 Å². The summed E-state index contributed by atoms with van der Waals surface area (Å²) < 4.78 is 0. The third-order valence-electron chi connectivity index (χ3n) is 3.06. The Labute approximate surface area is 115 Å². The van der Waals surface area contributed by atoms with Gasteiger partial charge in [-0.3, -0.25) is 19.4 Å². The molecule has 2 amide bonds. The van der Waals surface area contributed by atoms with Crippen molar-refractivity contribution >= 4 is 46.5 Å². The van der Waals surface area contributed by atoms with Crippen LogP contribution in [0.15, 0.2) is 11.4 Å². The SMILES string of the molecule is CN1C(=O)/C(=C2\C(=O)N(C)C(=S)N2C)N(C)C1=S. The van der Waals surface area contributed by atoms with E-state index in [2.05, 4.69) is 0 Å². The lowest BCUT2D eigenvalue weighted by Crippen LogP contribution is -2.27. The Kier molecular flexibility index (Phi) is 2.86. The first-order chi connectivity index (χ1) is 8.29. The molecule has 2 aliphatic heterocycles. The molecule has 0 unspecified atom stereocenters. The molecule has 0 aliphatic carbocycles. The van der Waals surface area contributed by atoms with Gasteiger partial charge in [-0.15, -0.1) is 0 Å². The highest BCUT2D eigenvalue weighted by molar-refractivity contribution is 7.80. The van der Waals surface area contributed by atoms with Gasteiger partial charge in [0, 0.05) is 28.2 Å². The molecule has 8 heteroatoms. The molecule has 0 aromatic rings. The average Bonchev–Trinajstić information content (AvgIpc) is 2.64. The maximum Gasteiger partial charge on any atom is 0.278 e. The first-order valence-corrected chi connectivity index (χ1v) is 5.96. The van der Waals surface area contributed by atoms with Gasteiger partial charge in [-0.1, -0.05) is 0 Å². The van der Waals surface area contributed by atoms with Crippen molar-refractivity contribution in [2.45, 2.75) is 0 Å². The third-order valence-corrected chi connectivity index (χ3v) is 4.15. The molecule has 2 saturated heterocycles. The molecule has 2 rings (SSSR count). The number of rotatable bonds is 0. The molecule has 0 N–H and O–H groups in total. The summed E-state index contributed by atoms with van der Waals surface area (Å²) in [6.07, 6.45) is 0. The lowest BCUT2D eigenvalue weighted by Gasteiger charge is -2.15. The van der Waals surface area contributed by atoms with Crippen LogP contribution >= 0.6 is 24.4 Å². The van der Waals surface area contributed by atoms with Crippen molar-refractivity contribution < 1.29 is 9.59 Å². The summed E-state index contributed by atoms with van der Waals surface area (Å²) in [4.78, 5) is 30.0. The van der Waals surface area contributed by atoms with E-state index in [-0.39, 0.29) is 23.2 Å². The summed E-state index contributed by atoms with van der Waals surface area (Å²) in [5.41, 5.74) is 0.531. The van der Waals surface area contributed by atoms with Gasteiger partial charge < -0.3 is 9.80 Å². The predicted octanol–water partition coefficient (Wildman–Crippen LogP) is -0.425. The predicted molar refractivity (Wildman–Crippen MR) is 73.3 cm³/mol. The van der Waals surface area contributed by atoms with E-state index in [4.69, 9.17) is 24.4 Å². The molecule has 18 heavy (non-hydrogen) atoms. The first-order valence-electron chi connectivity index (χ1n) is 5.14. The molecule has 96 valence electrons. The number of hydrogen-bond acceptors (Lipinski definition) is 4. The van der Waals surface area contributed by atoms with E-state index in [0.29, 0.717) is 10.2 Å². The Hall–Kier alpha value is -1.54. The highest BCUT2D eigenvalue weighted by Crippen LogP contribution is 2.28. The zero-order valence-electron chi connectivity index (χ0n) is 10.4. The van der Waals surface area contributed by atoms with Crippen molar-refractivity contribution in [2.75, 3.05) is 28.2 Å². The van der Waals surface area contributed by atoms with Gasteiger partial charge >= 0.3 is 0 Å². The van der Waals surface area contributed by atoms with Gasteiger partial charge in [-0.2, -0.15) is 0 Å². The van der Waals surface area contributed by atoms with Crippen molar-refractivity contribution in [1.82, 2.24) is 19.6 Å². The molecule has 2 heterocycles. The number of carbonyl (C=O) groups is 2. The number of nitrogens with zero attached hydrogens (tertiary/aromatic N) is 4. The number of hydrogen-bond donors (Lipinski definition) is 0. The summed E-state index contributed by atoms with van der Waals surface area (Å²) in [6, 6.07) is 0. The van der Waals surface area contributed by atoms with Gasteiger partial charge in [0.15, 0.2) is 10.2 Å². The van der Waals surface area contributed by atoms with E-state index in [0.717, 1.165) is 0 Å². The smallest absolute Gasteiger partial charge is 0.278 e. The zero-order valence-corrected chi connectivity index (χ0v) is 12.1. The van der Waals surface area contributed by atoms with E-state index in [9.17, 15) is 9.59 Å². The van der Waals surface area contributed by atoms with Crippen molar-refractivity contribution in [3.05, 3.63) is 11.4 Å². The summed E-state index contributed by atoms with van der Waals surface area (Å²) in [7, 11) is 6.48. The van der Waals surface area contributed by atoms with Gasteiger partial charge in [0.1, 0.15) is 11.4 Å². The normalized spacial score (nSPS) is 25.1. The van der Waals surface area contributed by atoms with E-state index in [1.54, 1.807) is 28.2 Å². The van der Waals surface area contributed by atoms with Gasteiger partial charge in [-0.05, 0) is 24.4 Å². The molecule has 0 radical (unpaired) electrons. The largest absolute Gasteiger partial charge is 0.315 e. The van der Waals surface area contributed by atoms with Gasteiger partial charge in [0.2, 0.25) is 0 Å². The number of amides is 2. The third kappa shape index (κ3) is 1.45. The fourth-order valence-electron chi connectivity index (χ4n) is 1.94. The van der Waals surface area contributed by atoms with E-state index in [1.807, 2.05) is 0 Å². The lowest BCUT2D eigenvalue weighted by molar-refractivity contribution is -0.124. The van der Waals surface area contributed by atoms with Gasteiger partial charge in [0.05, 0.1) is 0 Å². The van der Waals surface area contributed by atoms with Crippen LogP contribution in [0.5, 0.6) is 0 Å². The highest BCUT2D eigenvalue weighted by atomic mass is 32.1. The van der Waals surface area contributed by atoms with Crippen molar-refractivity contribution in [3.8, 4) is 0 Å². The molecular weight excluding hydrogens is 272 g/mol. The number of carbonyl (C=O) groups excluding carboxylic acids is 2. The Morgan fingerprint density at radius 3 is 1.11 bits per heavy atom. The van der Waals surface area contributed by atoms with Crippen LogP contribution in [-0.4, -0.2) is 69.8 Å². The molecule has 0 bridgehead atoms. The van der Waals surface area contributed by atoms with E-state index >= 15 is 0 Å². The van der Waals surface area contributed by atoms with Gasteiger partial charge in [0.25, 0.3) is 11.8 Å². The van der Waals surface area contributed by atoms with E-state index in [1.165, 1.54) is 19.6 Å². The van der Waals surface area contributed by atoms with Crippen LogP contribution in [0.4, 0.5) is 0 Å². The summed E-state index contributed by atoms with van der Waals surface area (Å²) in [5.74, 6) is -0.591. The lowest BCUT2D eigenvalue weighted by atomic mass is 10.3. The Morgan fingerprint density at radius 2 is 0.944 bits per heavy atom. The molecule has 0 atom stereocenters. The minimum Gasteiger partial charge on any atom is -0.315 e. The molecule has 2 aliphatic rings. The standard InChI is InChI=1S/C10H12N4O2S2/c1-11-5(7(15)13(3)9(11)17)6-8(16)14(4)10(18)12(6)2/h1-4H3/b6-5-. The molecule has 0 aromatic heterocycles. The second-order valence-electron chi connectivity index (χ2n) is 4.11.